The molecule has 1 rings (SSSR count). The maximum atomic E-state index is 11.8. The molecule has 3 nitrogen and oxygen atoms in total. The molecule has 0 fully saturated rings. The molecule has 1 aromatic carbocycles. The number of hydrogen-bond donors (Lipinski definition) is 0. The number of unbranched alkanes of at least 4 members (excludes halogenated alkanes) is 8. The van der Waals surface area contributed by atoms with E-state index in [0.29, 0.717) is 0 Å². The minimum absolute atomic E-state index is 0.217. The maximum Gasteiger partial charge on any atom is 0.307 e. The Bertz CT molecular complexity index is 472. The van der Waals surface area contributed by atoms with Crippen LogP contribution in [0.3, 0.4) is 0 Å². The molecule has 0 amide bonds. The van der Waals surface area contributed by atoms with Gasteiger partial charge in [0.05, 0.1) is 4.90 Å². The van der Waals surface area contributed by atoms with Crippen LogP contribution in [0.5, 0.6) is 0 Å². The average molecular weight is 345 g/mol. The van der Waals surface area contributed by atoms with Gasteiger partial charge in [0.1, 0.15) is 0 Å². The lowest BCUT2D eigenvalue weighted by Gasteiger charge is -2.04. The van der Waals surface area contributed by atoms with Gasteiger partial charge in [0, 0.05) is 17.8 Å². The van der Waals surface area contributed by atoms with Crippen LogP contribution < -0.4 is 0 Å². The molecule has 0 N–H and O–H groups in total. The first kappa shape index (κ1) is 19.5. The van der Waals surface area contributed by atoms with Gasteiger partial charge in [-0.05, 0) is 18.6 Å². The molecule has 22 heavy (non-hydrogen) atoms. The average Bonchev–Trinajstić information content (AvgIpc) is 2.53. The maximum absolute atomic E-state index is 11.8. The Morgan fingerprint density at radius 1 is 0.864 bits per heavy atom. The molecule has 0 bridgehead atoms. The van der Waals surface area contributed by atoms with Crippen LogP contribution in [0.25, 0.3) is 0 Å². The second-order valence-electron chi connectivity index (χ2n) is 5.49. The Morgan fingerprint density at radius 2 is 1.41 bits per heavy atom. The summed E-state index contributed by atoms with van der Waals surface area (Å²) >= 11 is 1.04. The highest BCUT2D eigenvalue weighted by Crippen LogP contribution is 2.19. The smallest absolute Gasteiger partial charge is 0.194 e. The predicted molar refractivity (Wildman–Crippen MR) is 94.4 cm³/mol. The molecule has 0 aliphatic carbocycles. The van der Waals surface area contributed by atoms with E-state index < -0.39 is 10.1 Å². The van der Waals surface area contributed by atoms with Crippen LogP contribution >= 0.6 is 12.0 Å². The van der Waals surface area contributed by atoms with E-state index in [0.717, 1.165) is 30.6 Å². The monoisotopic (exact) mass is 344 g/mol. The second-order valence-corrected chi connectivity index (χ2v) is 8.05. The minimum atomic E-state index is -3.61. The van der Waals surface area contributed by atoms with Gasteiger partial charge >= 0.3 is 10.1 Å². The number of hydrogen-bond acceptors (Lipinski definition) is 4. The zero-order valence-electron chi connectivity index (χ0n) is 13.5. The van der Waals surface area contributed by atoms with E-state index in [4.69, 9.17) is 3.63 Å². The molecular formula is C17H28O3S2. The number of benzene rings is 1. The predicted octanol–water partition coefficient (Wildman–Crippen LogP) is 5.57. The largest absolute Gasteiger partial charge is 0.307 e. The van der Waals surface area contributed by atoms with Crippen molar-refractivity contribution in [3.8, 4) is 0 Å². The van der Waals surface area contributed by atoms with Crippen molar-refractivity contribution in [2.24, 2.45) is 0 Å². The molecule has 126 valence electrons. The van der Waals surface area contributed by atoms with Gasteiger partial charge in [0.15, 0.2) is 0 Å². The molecular weight excluding hydrogens is 316 g/mol. The third-order valence-electron chi connectivity index (χ3n) is 3.50. The summed E-state index contributed by atoms with van der Waals surface area (Å²) in [5.41, 5.74) is 0. The van der Waals surface area contributed by atoms with Gasteiger partial charge in [0.25, 0.3) is 0 Å². The Morgan fingerprint density at radius 3 is 2.00 bits per heavy atom. The Hall–Kier alpha value is -0.520. The molecule has 0 atom stereocenters. The quantitative estimate of drug-likeness (QED) is 0.346. The van der Waals surface area contributed by atoms with Crippen LogP contribution in [0, 0.1) is 0 Å². The molecule has 0 heterocycles. The van der Waals surface area contributed by atoms with E-state index in [2.05, 4.69) is 6.92 Å². The highest BCUT2D eigenvalue weighted by molar-refractivity contribution is 8.04. The van der Waals surface area contributed by atoms with Crippen molar-refractivity contribution >= 4 is 22.2 Å². The van der Waals surface area contributed by atoms with Gasteiger partial charge in [-0.25, -0.2) is 0 Å². The fourth-order valence-corrected chi connectivity index (χ4v) is 4.10. The fourth-order valence-electron chi connectivity index (χ4n) is 2.20. The molecule has 0 radical (unpaired) electrons. The molecule has 1 aromatic rings. The highest BCUT2D eigenvalue weighted by atomic mass is 32.3. The summed E-state index contributed by atoms with van der Waals surface area (Å²) in [4.78, 5) is 0.217. The van der Waals surface area contributed by atoms with Crippen LogP contribution in [-0.4, -0.2) is 14.2 Å². The number of rotatable bonds is 13. The molecule has 5 heteroatoms. The van der Waals surface area contributed by atoms with Crippen molar-refractivity contribution in [2.45, 2.75) is 69.6 Å². The minimum Gasteiger partial charge on any atom is -0.194 e. The van der Waals surface area contributed by atoms with E-state index in [1.165, 1.54) is 44.9 Å². The summed E-state index contributed by atoms with van der Waals surface area (Å²) in [7, 11) is -3.61. The van der Waals surface area contributed by atoms with Gasteiger partial charge in [0.2, 0.25) is 0 Å². The van der Waals surface area contributed by atoms with Crippen molar-refractivity contribution in [1.82, 2.24) is 0 Å². The molecule has 0 unspecified atom stereocenters. The summed E-state index contributed by atoms with van der Waals surface area (Å²) in [6.45, 7) is 2.23. The van der Waals surface area contributed by atoms with Crippen molar-refractivity contribution < 1.29 is 12.0 Å². The van der Waals surface area contributed by atoms with Crippen LogP contribution in [0.15, 0.2) is 35.2 Å². The van der Waals surface area contributed by atoms with Crippen molar-refractivity contribution in [3.63, 3.8) is 0 Å². The SMILES string of the molecule is CCCCCCCCCCCSOS(=O)(=O)c1ccccc1. The third kappa shape index (κ3) is 8.81. The topological polar surface area (TPSA) is 43.4 Å². The first-order chi connectivity index (χ1) is 10.7. The molecule has 0 aliphatic rings. The van der Waals surface area contributed by atoms with E-state index in [1.54, 1.807) is 30.3 Å². The molecule has 0 saturated carbocycles. The molecule has 0 spiro atoms. The lowest BCUT2D eigenvalue weighted by atomic mass is 10.1. The van der Waals surface area contributed by atoms with Crippen LogP contribution in [0.1, 0.15) is 64.7 Å². The third-order valence-corrected chi connectivity index (χ3v) is 5.91. The normalized spacial score (nSPS) is 11.7. The summed E-state index contributed by atoms with van der Waals surface area (Å²) in [5, 5.41) is 0. The standard InChI is InChI=1S/C17H28O3S2/c1-2-3-4-5-6-7-8-9-13-16-21-20-22(18,19)17-14-11-10-12-15-17/h10-12,14-15H,2-9,13,16H2,1H3. The van der Waals surface area contributed by atoms with Gasteiger partial charge in [-0.3, -0.25) is 0 Å². The summed E-state index contributed by atoms with van der Waals surface area (Å²) in [5.74, 6) is 0.724. The van der Waals surface area contributed by atoms with Crippen LogP contribution in [0.4, 0.5) is 0 Å². The van der Waals surface area contributed by atoms with Gasteiger partial charge in [-0.2, -0.15) is 12.0 Å². The van der Waals surface area contributed by atoms with Crippen molar-refractivity contribution in [3.05, 3.63) is 30.3 Å². The van der Waals surface area contributed by atoms with Crippen molar-refractivity contribution in [1.29, 1.82) is 0 Å². The van der Waals surface area contributed by atoms with Gasteiger partial charge < -0.3 is 0 Å². The first-order valence-electron chi connectivity index (χ1n) is 8.28. The Labute approximate surface area is 140 Å². The summed E-state index contributed by atoms with van der Waals surface area (Å²) in [6, 6.07) is 8.28. The second kappa shape index (κ2) is 12.0. The van der Waals surface area contributed by atoms with Crippen LogP contribution in [0.2, 0.25) is 0 Å². The lowest BCUT2D eigenvalue weighted by Crippen LogP contribution is -2.01. The molecule has 0 aromatic heterocycles. The fraction of sp³-hybridized carbons (Fsp3) is 0.647. The summed E-state index contributed by atoms with van der Waals surface area (Å²) in [6.07, 6.45) is 11.4. The van der Waals surface area contributed by atoms with Crippen LogP contribution in [-0.2, 0) is 13.7 Å². The Kier molecular flexibility index (Phi) is 10.6. The highest BCUT2D eigenvalue weighted by Gasteiger charge is 2.14. The van der Waals surface area contributed by atoms with E-state index in [-0.39, 0.29) is 4.90 Å². The first-order valence-corrected chi connectivity index (χ1v) is 10.6. The lowest BCUT2D eigenvalue weighted by molar-refractivity contribution is 0.517. The Balaban J connectivity index is 1.99. The summed E-state index contributed by atoms with van der Waals surface area (Å²) < 4.78 is 28.7. The van der Waals surface area contributed by atoms with E-state index in [1.807, 2.05) is 0 Å². The van der Waals surface area contributed by atoms with E-state index in [9.17, 15) is 8.42 Å². The zero-order chi connectivity index (χ0) is 16.1. The zero-order valence-corrected chi connectivity index (χ0v) is 15.1. The van der Waals surface area contributed by atoms with Gasteiger partial charge in [-0.15, -0.1) is 0 Å². The van der Waals surface area contributed by atoms with Crippen molar-refractivity contribution in [2.75, 3.05) is 5.75 Å². The molecule has 0 saturated heterocycles. The van der Waals surface area contributed by atoms with Gasteiger partial charge in [-0.1, -0.05) is 76.5 Å². The molecule has 0 aliphatic heterocycles. The van der Waals surface area contributed by atoms with E-state index >= 15 is 0 Å².